The van der Waals surface area contributed by atoms with E-state index in [1.54, 1.807) is 43.3 Å². The van der Waals surface area contributed by atoms with Gasteiger partial charge in [0.25, 0.3) is 5.91 Å². The standard InChI is InChI=1S/C21H23FN2O4/c1-3-27-16-8-10-17(11-9-16)28-13(2)20(25)23-24-21(26)19-12-18(19)14-4-6-15(22)7-5-14/h4-11,13,18-19H,3,12H2,1-2H3,(H,23,25)(H,24,26). The summed E-state index contributed by atoms with van der Waals surface area (Å²) in [5, 5.41) is 0. The molecule has 148 valence electrons. The van der Waals surface area contributed by atoms with Crippen molar-refractivity contribution in [1.82, 2.24) is 10.9 Å². The molecule has 1 aliphatic rings. The zero-order valence-electron chi connectivity index (χ0n) is 15.8. The van der Waals surface area contributed by atoms with Crippen molar-refractivity contribution in [2.24, 2.45) is 5.92 Å². The van der Waals surface area contributed by atoms with Gasteiger partial charge in [-0.3, -0.25) is 20.4 Å². The zero-order valence-corrected chi connectivity index (χ0v) is 15.8. The van der Waals surface area contributed by atoms with Gasteiger partial charge < -0.3 is 9.47 Å². The average molecular weight is 386 g/mol. The van der Waals surface area contributed by atoms with E-state index in [9.17, 15) is 14.0 Å². The molecule has 1 saturated carbocycles. The minimum atomic E-state index is -0.787. The molecule has 2 aromatic rings. The number of hydrazine groups is 1. The number of rotatable bonds is 7. The second-order valence-corrected chi connectivity index (χ2v) is 6.64. The van der Waals surface area contributed by atoms with Crippen molar-refractivity contribution in [3.05, 3.63) is 59.9 Å². The molecule has 2 amide bonds. The third-order valence-corrected chi connectivity index (χ3v) is 4.55. The Bertz CT molecular complexity index is 823. The van der Waals surface area contributed by atoms with Crippen LogP contribution >= 0.6 is 0 Å². The SMILES string of the molecule is CCOc1ccc(OC(C)C(=O)NNC(=O)C2CC2c2ccc(F)cc2)cc1. The van der Waals surface area contributed by atoms with Gasteiger partial charge in [-0.25, -0.2) is 4.39 Å². The molecule has 6 nitrogen and oxygen atoms in total. The third kappa shape index (κ3) is 5.00. The number of ether oxygens (including phenoxy) is 2. The molecule has 2 aromatic carbocycles. The van der Waals surface area contributed by atoms with E-state index >= 15 is 0 Å². The van der Waals surface area contributed by atoms with Gasteiger partial charge in [0.1, 0.15) is 17.3 Å². The molecule has 3 rings (SSSR count). The van der Waals surface area contributed by atoms with Crippen LogP contribution in [0.15, 0.2) is 48.5 Å². The van der Waals surface area contributed by atoms with Crippen molar-refractivity contribution in [2.45, 2.75) is 32.3 Å². The van der Waals surface area contributed by atoms with Gasteiger partial charge in [0, 0.05) is 5.92 Å². The number of hydrogen-bond acceptors (Lipinski definition) is 4. The van der Waals surface area contributed by atoms with Crippen LogP contribution in [0.4, 0.5) is 4.39 Å². The van der Waals surface area contributed by atoms with Gasteiger partial charge in [0.05, 0.1) is 6.61 Å². The van der Waals surface area contributed by atoms with Crippen molar-refractivity contribution >= 4 is 11.8 Å². The Morgan fingerprint density at radius 3 is 2.36 bits per heavy atom. The predicted octanol–water partition coefficient (Wildman–Crippen LogP) is 2.94. The summed E-state index contributed by atoms with van der Waals surface area (Å²) in [6, 6.07) is 13.1. The Morgan fingerprint density at radius 2 is 1.71 bits per heavy atom. The highest BCUT2D eigenvalue weighted by Gasteiger charge is 2.44. The number of carbonyl (C=O) groups is 2. The summed E-state index contributed by atoms with van der Waals surface area (Å²) in [5.74, 6) is 0.0369. The topological polar surface area (TPSA) is 76.7 Å². The number of amides is 2. The largest absolute Gasteiger partial charge is 0.494 e. The lowest BCUT2D eigenvalue weighted by Gasteiger charge is -2.15. The fourth-order valence-electron chi connectivity index (χ4n) is 2.92. The molecule has 28 heavy (non-hydrogen) atoms. The highest BCUT2D eigenvalue weighted by atomic mass is 19.1. The molecule has 7 heteroatoms. The molecular formula is C21H23FN2O4. The number of halogens is 1. The van der Waals surface area contributed by atoms with Gasteiger partial charge in [-0.2, -0.15) is 0 Å². The first-order valence-electron chi connectivity index (χ1n) is 9.22. The molecule has 2 N–H and O–H groups in total. The van der Waals surface area contributed by atoms with Crippen LogP contribution in [0.3, 0.4) is 0 Å². The van der Waals surface area contributed by atoms with E-state index in [0.717, 1.165) is 11.3 Å². The van der Waals surface area contributed by atoms with E-state index in [1.165, 1.54) is 12.1 Å². The van der Waals surface area contributed by atoms with Gasteiger partial charge in [-0.05, 0) is 68.1 Å². The first kappa shape index (κ1) is 19.7. The van der Waals surface area contributed by atoms with Gasteiger partial charge >= 0.3 is 0 Å². The normalized spacial score (nSPS) is 18.7. The van der Waals surface area contributed by atoms with Crippen LogP contribution in [0.1, 0.15) is 31.7 Å². The summed E-state index contributed by atoms with van der Waals surface area (Å²) in [7, 11) is 0. The lowest BCUT2D eigenvalue weighted by atomic mass is 10.1. The van der Waals surface area contributed by atoms with Crippen molar-refractivity contribution in [2.75, 3.05) is 6.61 Å². The van der Waals surface area contributed by atoms with Crippen LogP contribution in [0, 0.1) is 11.7 Å². The molecule has 0 bridgehead atoms. The average Bonchev–Trinajstić information content (AvgIpc) is 3.49. The Morgan fingerprint density at radius 1 is 1.07 bits per heavy atom. The molecule has 3 unspecified atom stereocenters. The second-order valence-electron chi connectivity index (χ2n) is 6.64. The highest BCUT2D eigenvalue weighted by molar-refractivity contribution is 5.87. The van der Waals surface area contributed by atoms with E-state index in [4.69, 9.17) is 9.47 Å². The smallest absolute Gasteiger partial charge is 0.279 e. The minimum absolute atomic E-state index is 0.0510. The van der Waals surface area contributed by atoms with Gasteiger partial charge in [-0.1, -0.05) is 12.1 Å². The quantitative estimate of drug-likeness (QED) is 0.718. The molecule has 3 atom stereocenters. The number of nitrogens with one attached hydrogen (secondary N) is 2. The Hall–Kier alpha value is -3.09. The lowest BCUT2D eigenvalue weighted by molar-refractivity contribution is -0.133. The monoisotopic (exact) mass is 386 g/mol. The van der Waals surface area contributed by atoms with Crippen LogP contribution in [-0.4, -0.2) is 24.5 Å². The molecule has 0 saturated heterocycles. The molecule has 0 aromatic heterocycles. The summed E-state index contributed by atoms with van der Waals surface area (Å²) < 4.78 is 23.9. The number of carbonyl (C=O) groups excluding carboxylic acids is 2. The van der Waals surface area contributed by atoms with E-state index in [2.05, 4.69) is 10.9 Å². The summed E-state index contributed by atoms with van der Waals surface area (Å²) >= 11 is 0. The van der Waals surface area contributed by atoms with Crippen molar-refractivity contribution in [3.63, 3.8) is 0 Å². The first-order valence-corrected chi connectivity index (χ1v) is 9.22. The van der Waals surface area contributed by atoms with E-state index in [1.807, 2.05) is 6.92 Å². The van der Waals surface area contributed by atoms with Crippen LogP contribution in [0.2, 0.25) is 0 Å². The third-order valence-electron chi connectivity index (χ3n) is 4.55. The molecule has 0 radical (unpaired) electrons. The minimum Gasteiger partial charge on any atom is -0.494 e. The molecular weight excluding hydrogens is 363 g/mol. The van der Waals surface area contributed by atoms with Crippen LogP contribution in [0.5, 0.6) is 11.5 Å². The molecule has 0 spiro atoms. The summed E-state index contributed by atoms with van der Waals surface area (Å²) in [6.07, 6.45) is -0.115. The molecule has 1 aliphatic carbocycles. The predicted molar refractivity (Wildman–Crippen MR) is 101 cm³/mol. The van der Waals surface area contributed by atoms with E-state index in [-0.39, 0.29) is 23.6 Å². The summed E-state index contributed by atoms with van der Waals surface area (Å²) in [4.78, 5) is 24.3. The lowest BCUT2D eigenvalue weighted by Crippen LogP contribution is -2.47. The Balaban J connectivity index is 1.43. The molecule has 0 heterocycles. The summed E-state index contributed by atoms with van der Waals surface area (Å²) in [6.45, 7) is 4.06. The molecule has 1 fully saturated rings. The van der Waals surface area contributed by atoms with Crippen LogP contribution in [0.25, 0.3) is 0 Å². The maximum absolute atomic E-state index is 13.0. The van der Waals surface area contributed by atoms with Gasteiger partial charge in [0.2, 0.25) is 5.91 Å². The van der Waals surface area contributed by atoms with Crippen molar-refractivity contribution in [3.8, 4) is 11.5 Å². The fourth-order valence-corrected chi connectivity index (χ4v) is 2.92. The fraction of sp³-hybridized carbons (Fsp3) is 0.333. The maximum Gasteiger partial charge on any atom is 0.279 e. The Labute approximate surface area is 163 Å². The zero-order chi connectivity index (χ0) is 20.1. The Kier molecular flexibility index (Phi) is 6.13. The van der Waals surface area contributed by atoms with E-state index < -0.39 is 12.0 Å². The number of benzene rings is 2. The van der Waals surface area contributed by atoms with E-state index in [0.29, 0.717) is 18.8 Å². The highest BCUT2D eigenvalue weighted by Crippen LogP contribution is 2.47. The molecule has 0 aliphatic heterocycles. The van der Waals surface area contributed by atoms with Crippen molar-refractivity contribution in [1.29, 1.82) is 0 Å². The maximum atomic E-state index is 13.0. The first-order chi connectivity index (χ1) is 13.5. The van der Waals surface area contributed by atoms with Crippen LogP contribution in [-0.2, 0) is 9.59 Å². The number of hydrogen-bond donors (Lipinski definition) is 2. The van der Waals surface area contributed by atoms with Gasteiger partial charge in [0.15, 0.2) is 6.10 Å². The second kappa shape index (κ2) is 8.73. The van der Waals surface area contributed by atoms with Crippen molar-refractivity contribution < 1.29 is 23.5 Å². The van der Waals surface area contributed by atoms with Crippen LogP contribution < -0.4 is 20.3 Å². The van der Waals surface area contributed by atoms with Gasteiger partial charge in [-0.15, -0.1) is 0 Å². The summed E-state index contributed by atoms with van der Waals surface area (Å²) in [5.41, 5.74) is 5.74.